The molecule has 0 fully saturated rings. The first-order chi connectivity index (χ1) is 8.95. The molecule has 1 aromatic rings. The minimum absolute atomic E-state index is 0.0315. The van der Waals surface area contributed by atoms with E-state index < -0.39 is 9.84 Å². The molecular weight excluding hydrogens is 264 g/mol. The second-order valence-corrected chi connectivity index (χ2v) is 6.47. The van der Waals surface area contributed by atoms with Gasteiger partial charge in [0.2, 0.25) is 0 Å². The zero-order valence-corrected chi connectivity index (χ0v) is 12.5. The van der Waals surface area contributed by atoms with Crippen LogP contribution in [0, 0.1) is 0 Å². The van der Waals surface area contributed by atoms with Crippen LogP contribution in [0.15, 0.2) is 23.2 Å². The standard InChI is InChI=1S/C13H22N2O3S/c1-4-11(5-2)15(9-10-16)13-12(19(3,17)18)7-6-8-14-13/h6-8,11,16H,4-5,9-10H2,1-3H3. The summed E-state index contributed by atoms with van der Waals surface area (Å²) in [4.78, 5) is 6.32. The molecule has 1 aromatic heterocycles. The van der Waals surface area contributed by atoms with E-state index in [2.05, 4.69) is 4.98 Å². The van der Waals surface area contributed by atoms with Crippen LogP contribution in [0.5, 0.6) is 0 Å². The van der Waals surface area contributed by atoms with E-state index in [-0.39, 0.29) is 17.5 Å². The minimum atomic E-state index is -3.33. The van der Waals surface area contributed by atoms with Gasteiger partial charge in [-0.1, -0.05) is 13.8 Å². The molecule has 0 aliphatic carbocycles. The average Bonchev–Trinajstić information content (AvgIpc) is 2.38. The number of aromatic nitrogens is 1. The van der Waals surface area contributed by atoms with Crippen molar-refractivity contribution in [3.05, 3.63) is 18.3 Å². The molecule has 0 aromatic carbocycles. The average molecular weight is 286 g/mol. The lowest BCUT2D eigenvalue weighted by molar-refractivity contribution is 0.295. The van der Waals surface area contributed by atoms with Gasteiger partial charge in [0.25, 0.3) is 0 Å². The number of rotatable bonds is 7. The first-order valence-corrected chi connectivity index (χ1v) is 8.37. The fourth-order valence-electron chi connectivity index (χ4n) is 2.19. The summed E-state index contributed by atoms with van der Waals surface area (Å²) < 4.78 is 23.7. The number of aliphatic hydroxyl groups excluding tert-OH is 1. The number of hydrogen-bond acceptors (Lipinski definition) is 5. The molecule has 0 spiro atoms. The monoisotopic (exact) mass is 286 g/mol. The van der Waals surface area contributed by atoms with E-state index in [1.165, 1.54) is 6.26 Å². The number of pyridine rings is 1. The summed E-state index contributed by atoms with van der Waals surface area (Å²) in [5, 5.41) is 9.21. The summed E-state index contributed by atoms with van der Waals surface area (Å²) in [6.45, 7) is 4.44. The maximum atomic E-state index is 11.8. The Labute approximate surface area is 115 Å². The van der Waals surface area contributed by atoms with Crippen LogP contribution in [0.1, 0.15) is 26.7 Å². The smallest absolute Gasteiger partial charge is 0.179 e. The van der Waals surface area contributed by atoms with Crippen LogP contribution in [-0.4, -0.2) is 44.0 Å². The molecule has 0 saturated carbocycles. The lowest BCUT2D eigenvalue weighted by atomic mass is 10.1. The van der Waals surface area contributed by atoms with Crippen molar-refractivity contribution in [2.45, 2.75) is 37.6 Å². The summed E-state index contributed by atoms with van der Waals surface area (Å²) in [6, 6.07) is 3.34. The Kier molecular flexibility index (Phi) is 5.75. The Morgan fingerprint density at radius 3 is 2.47 bits per heavy atom. The molecule has 1 rings (SSSR count). The van der Waals surface area contributed by atoms with Gasteiger partial charge in [-0.2, -0.15) is 0 Å². The molecule has 0 aliphatic rings. The fourth-order valence-corrected chi connectivity index (χ4v) is 3.01. The van der Waals surface area contributed by atoms with E-state index in [1.807, 2.05) is 18.7 Å². The van der Waals surface area contributed by atoms with Crippen molar-refractivity contribution >= 4 is 15.7 Å². The van der Waals surface area contributed by atoms with E-state index >= 15 is 0 Å². The zero-order chi connectivity index (χ0) is 14.5. The third-order valence-electron chi connectivity index (χ3n) is 3.15. The van der Waals surface area contributed by atoms with Gasteiger partial charge >= 0.3 is 0 Å². The normalized spacial score (nSPS) is 11.8. The Balaban J connectivity index is 3.30. The lowest BCUT2D eigenvalue weighted by Crippen LogP contribution is -2.38. The molecule has 0 aliphatic heterocycles. The molecular formula is C13H22N2O3S. The number of hydrogen-bond donors (Lipinski definition) is 1. The second kappa shape index (κ2) is 6.86. The molecule has 0 bridgehead atoms. The first-order valence-electron chi connectivity index (χ1n) is 6.48. The van der Waals surface area contributed by atoms with E-state index in [9.17, 15) is 13.5 Å². The van der Waals surface area contributed by atoms with Crippen molar-refractivity contribution in [3.63, 3.8) is 0 Å². The number of aliphatic hydroxyl groups is 1. The summed E-state index contributed by atoms with van der Waals surface area (Å²) >= 11 is 0. The topological polar surface area (TPSA) is 70.5 Å². The number of sulfone groups is 1. The van der Waals surface area contributed by atoms with Gasteiger partial charge < -0.3 is 10.0 Å². The molecule has 0 unspecified atom stereocenters. The van der Waals surface area contributed by atoms with Crippen LogP contribution >= 0.6 is 0 Å². The minimum Gasteiger partial charge on any atom is -0.395 e. The molecule has 1 N–H and O–H groups in total. The zero-order valence-electron chi connectivity index (χ0n) is 11.7. The lowest BCUT2D eigenvalue weighted by Gasteiger charge is -2.32. The van der Waals surface area contributed by atoms with Crippen molar-refractivity contribution in [3.8, 4) is 0 Å². The second-order valence-electron chi connectivity index (χ2n) is 4.48. The van der Waals surface area contributed by atoms with E-state index in [0.29, 0.717) is 12.4 Å². The van der Waals surface area contributed by atoms with E-state index in [0.717, 1.165) is 12.8 Å². The van der Waals surface area contributed by atoms with Gasteiger partial charge in [0.05, 0.1) is 6.61 Å². The Morgan fingerprint density at radius 1 is 1.37 bits per heavy atom. The molecule has 6 heteroatoms. The quantitative estimate of drug-likeness (QED) is 0.822. The van der Waals surface area contributed by atoms with Crippen LogP contribution < -0.4 is 4.90 Å². The van der Waals surface area contributed by atoms with Crippen LogP contribution in [0.3, 0.4) is 0 Å². The highest BCUT2D eigenvalue weighted by Crippen LogP contribution is 2.25. The maximum Gasteiger partial charge on any atom is 0.179 e. The predicted octanol–water partition coefficient (Wildman–Crippen LogP) is 1.47. The molecule has 0 atom stereocenters. The van der Waals surface area contributed by atoms with Crippen LogP contribution in [0.4, 0.5) is 5.82 Å². The predicted molar refractivity (Wildman–Crippen MR) is 76.1 cm³/mol. The van der Waals surface area contributed by atoms with Gasteiger partial charge in [0.1, 0.15) is 10.7 Å². The molecule has 1 heterocycles. The maximum absolute atomic E-state index is 11.8. The Bertz CT molecular complexity index is 498. The highest BCUT2D eigenvalue weighted by Gasteiger charge is 2.23. The largest absolute Gasteiger partial charge is 0.395 e. The van der Waals surface area contributed by atoms with Gasteiger partial charge in [0, 0.05) is 25.0 Å². The Morgan fingerprint density at radius 2 is 2.00 bits per heavy atom. The van der Waals surface area contributed by atoms with Crippen molar-refractivity contribution in [2.75, 3.05) is 24.3 Å². The van der Waals surface area contributed by atoms with Crippen LogP contribution in [-0.2, 0) is 9.84 Å². The highest BCUT2D eigenvalue weighted by atomic mass is 32.2. The van der Waals surface area contributed by atoms with Crippen molar-refractivity contribution in [1.29, 1.82) is 0 Å². The van der Waals surface area contributed by atoms with Gasteiger partial charge in [-0.3, -0.25) is 0 Å². The molecule has 108 valence electrons. The van der Waals surface area contributed by atoms with Gasteiger partial charge in [0.15, 0.2) is 9.84 Å². The summed E-state index contributed by atoms with van der Waals surface area (Å²) in [6.07, 6.45) is 4.50. The fraction of sp³-hybridized carbons (Fsp3) is 0.615. The SMILES string of the molecule is CCC(CC)N(CCO)c1ncccc1S(C)(=O)=O. The molecule has 0 amide bonds. The van der Waals surface area contributed by atoms with Gasteiger partial charge in [-0.15, -0.1) is 0 Å². The van der Waals surface area contributed by atoms with E-state index in [4.69, 9.17) is 0 Å². The first kappa shape index (κ1) is 15.9. The summed E-state index contributed by atoms with van der Waals surface area (Å²) in [5.74, 6) is 0.438. The number of nitrogens with zero attached hydrogens (tertiary/aromatic N) is 2. The summed E-state index contributed by atoms with van der Waals surface area (Å²) in [7, 11) is -3.33. The Hall–Kier alpha value is -1.14. The van der Waals surface area contributed by atoms with Gasteiger partial charge in [-0.05, 0) is 25.0 Å². The summed E-state index contributed by atoms with van der Waals surface area (Å²) in [5.41, 5.74) is 0. The van der Waals surface area contributed by atoms with Crippen LogP contribution in [0.2, 0.25) is 0 Å². The third-order valence-corrected chi connectivity index (χ3v) is 4.26. The molecule has 5 nitrogen and oxygen atoms in total. The number of anilines is 1. The van der Waals surface area contributed by atoms with Gasteiger partial charge in [-0.25, -0.2) is 13.4 Å². The molecule has 0 radical (unpaired) electrons. The van der Waals surface area contributed by atoms with E-state index in [1.54, 1.807) is 18.3 Å². The van der Waals surface area contributed by atoms with Crippen molar-refractivity contribution in [2.24, 2.45) is 0 Å². The molecule has 0 saturated heterocycles. The van der Waals surface area contributed by atoms with Crippen molar-refractivity contribution < 1.29 is 13.5 Å². The van der Waals surface area contributed by atoms with Crippen LogP contribution in [0.25, 0.3) is 0 Å². The third kappa shape index (κ3) is 3.91. The highest BCUT2D eigenvalue weighted by molar-refractivity contribution is 7.90. The molecule has 19 heavy (non-hydrogen) atoms. The van der Waals surface area contributed by atoms with Crippen molar-refractivity contribution in [1.82, 2.24) is 4.98 Å².